The van der Waals surface area contributed by atoms with Gasteiger partial charge in [-0.25, -0.2) is 0 Å². The first-order valence-corrected chi connectivity index (χ1v) is 7.33. The Morgan fingerprint density at radius 1 is 1.14 bits per heavy atom. The average molecular weight is 295 g/mol. The van der Waals surface area contributed by atoms with E-state index >= 15 is 0 Å². The maximum absolute atomic E-state index is 5.45. The molecule has 0 bridgehead atoms. The molecule has 0 unspecified atom stereocenters. The number of benzene rings is 2. The zero-order valence-electron chi connectivity index (χ0n) is 13.1. The minimum Gasteiger partial charge on any atom is -0.493 e. The molecule has 0 heterocycles. The number of para-hydroxylation sites is 1. The Balaban J connectivity index is 2.08. The van der Waals surface area contributed by atoms with Gasteiger partial charge in [-0.05, 0) is 35.7 Å². The summed E-state index contributed by atoms with van der Waals surface area (Å²) in [5, 5.41) is 3.47. The average Bonchev–Trinajstić information content (AvgIpc) is 2.58. The highest BCUT2D eigenvalue weighted by atomic mass is 16.5. The fourth-order valence-electron chi connectivity index (χ4n) is 2.26. The lowest BCUT2D eigenvalue weighted by Crippen LogP contribution is -2.03. The molecule has 0 radical (unpaired) electrons. The number of ether oxygens (including phenoxy) is 2. The molecule has 0 amide bonds. The van der Waals surface area contributed by atoms with E-state index in [0.717, 1.165) is 24.2 Å². The second kappa shape index (κ2) is 7.99. The van der Waals surface area contributed by atoms with Gasteiger partial charge in [-0.3, -0.25) is 0 Å². The van der Waals surface area contributed by atoms with Crippen LogP contribution in [-0.4, -0.2) is 13.7 Å². The van der Waals surface area contributed by atoms with E-state index in [4.69, 9.17) is 15.9 Å². The highest BCUT2D eigenvalue weighted by Gasteiger charge is 2.06. The van der Waals surface area contributed by atoms with Crippen molar-refractivity contribution >= 4 is 5.69 Å². The third-order valence-electron chi connectivity index (χ3n) is 3.42. The standard InChI is InChI=1S/C19H21NO2/c1-4-12-22-18-11-10-15(13-19(18)21-3)14-20-17-9-7-6-8-16(17)5-2/h1,6-11,13,20H,5,12,14H2,2-3H3. The van der Waals surface area contributed by atoms with Crippen molar-refractivity contribution in [1.29, 1.82) is 0 Å². The molecule has 0 fully saturated rings. The number of aryl methyl sites for hydroxylation is 1. The lowest BCUT2D eigenvalue weighted by atomic mass is 10.1. The predicted octanol–water partition coefficient (Wildman–Crippen LogP) is 3.88. The Hall–Kier alpha value is -2.60. The summed E-state index contributed by atoms with van der Waals surface area (Å²) in [6, 6.07) is 14.2. The van der Waals surface area contributed by atoms with Crippen molar-refractivity contribution in [3.8, 4) is 23.8 Å². The van der Waals surface area contributed by atoms with Gasteiger partial charge < -0.3 is 14.8 Å². The van der Waals surface area contributed by atoms with Crippen LogP contribution in [0.4, 0.5) is 5.69 Å². The van der Waals surface area contributed by atoms with Crippen molar-refractivity contribution in [1.82, 2.24) is 0 Å². The Morgan fingerprint density at radius 3 is 2.68 bits per heavy atom. The molecule has 0 saturated carbocycles. The molecule has 0 aliphatic carbocycles. The molecule has 2 rings (SSSR count). The van der Waals surface area contributed by atoms with Gasteiger partial charge in [0.05, 0.1) is 7.11 Å². The van der Waals surface area contributed by atoms with Gasteiger partial charge in [0.2, 0.25) is 0 Å². The molecular formula is C19H21NO2. The van der Waals surface area contributed by atoms with Gasteiger partial charge in [0.1, 0.15) is 6.61 Å². The molecule has 22 heavy (non-hydrogen) atoms. The molecule has 0 aromatic heterocycles. The lowest BCUT2D eigenvalue weighted by Gasteiger charge is -2.13. The fraction of sp³-hybridized carbons (Fsp3) is 0.263. The molecule has 2 aromatic carbocycles. The summed E-state index contributed by atoms with van der Waals surface area (Å²) in [6.45, 7) is 3.11. The van der Waals surface area contributed by atoms with Crippen LogP contribution in [-0.2, 0) is 13.0 Å². The summed E-state index contributed by atoms with van der Waals surface area (Å²) in [5.74, 6) is 3.81. The molecule has 0 saturated heterocycles. The number of nitrogens with one attached hydrogen (secondary N) is 1. The van der Waals surface area contributed by atoms with E-state index < -0.39 is 0 Å². The summed E-state index contributed by atoms with van der Waals surface area (Å²) in [4.78, 5) is 0. The van der Waals surface area contributed by atoms with Gasteiger partial charge in [-0.1, -0.05) is 37.1 Å². The third kappa shape index (κ3) is 3.95. The molecule has 0 aliphatic rings. The number of terminal acetylenes is 1. The molecule has 0 atom stereocenters. The van der Waals surface area contributed by atoms with Crippen LogP contribution in [0.5, 0.6) is 11.5 Å². The summed E-state index contributed by atoms with van der Waals surface area (Å²) >= 11 is 0. The number of methoxy groups -OCH3 is 1. The van der Waals surface area contributed by atoms with Crippen LogP contribution in [0.3, 0.4) is 0 Å². The van der Waals surface area contributed by atoms with Crippen molar-refractivity contribution < 1.29 is 9.47 Å². The van der Waals surface area contributed by atoms with E-state index in [2.05, 4.69) is 36.4 Å². The SMILES string of the molecule is C#CCOc1ccc(CNc2ccccc2CC)cc1OC. The second-order valence-electron chi connectivity index (χ2n) is 4.84. The maximum atomic E-state index is 5.45. The Kier molecular flexibility index (Phi) is 5.73. The van der Waals surface area contributed by atoms with Crippen LogP contribution in [0.25, 0.3) is 0 Å². The van der Waals surface area contributed by atoms with Crippen molar-refractivity contribution in [2.45, 2.75) is 19.9 Å². The van der Waals surface area contributed by atoms with E-state index in [1.54, 1.807) is 7.11 Å². The number of hydrogen-bond acceptors (Lipinski definition) is 3. The van der Waals surface area contributed by atoms with Crippen LogP contribution in [0, 0.1) is 12.3 Å². The predicted molar refractivity (Wildman–Crippen MR) is 90.5 cm³/mol. The molecule has 3 nitrogen and oxygen atoms in total. The van der Waals surface area contributed by atoms with Crippen LogP contribution in [0.1, 0.15) is 18.1 Å². The first-order chi connectivity index (χ1) is 10.8. The molecule has 3 heteroatoms. The van der Waals surface area contributed by atoms with E-state index in [-0.39, 0.29) is 6.61 Å². The van der Waals surface area contributed by atoms with Gasteiger partial charge in [-0.2, -0.15) is 0 Å². The summed E-state index contributed by atoms with van der Waals surface area (Å²) in [6.07, 6.45) is 6.22. The van der Waals surface area contributed by atoms with Crippen LogP contribution in [0.15, 0.2) is 42.5 Å². The van der Waals surface area contributed by atoms with Crippen LogP contribution < -0.4 is 14.8 Å². The minimum atomic E-state index is 0.234. The van der Waals surface area contributed by atoms with Crippen molar-refractivity contribution in [2.24, 2.45) is 0 Å². The highest BCUT2D eigenvalue weighted by molar-refractivity contribution is 5.52. The monoisotopic (exact) mass is 295 g/mol. The largest absolute Gasteiger partial charge is 0.493 e. The zero-order valence-corrected chi connectivity index (χ0v) is 13.1. The minimum absolute atomic E-state index is 0.234. The van der Waals surface area contributed by atoms with Gasteiger partial charge in [0.25, 0.3) is 0 Å². The lowest BCUT2D eigenvalue weighted by molar-refractivity contribution is 0.330. The second-order valence-corrected chi connectivity index (χ2v) is 4.84. The molecule has 0 spiro atoms. The van der Waals surface area contributed by atoms with Gasteiger partial charge in [0, 0.05) is 12.2 Å². The highest BCUT2D eigenvalue weighted by Crippen LogP contribution is 2.28. The normalized spacial score (nSPS) is 9.86. The van der Waals surface area contributed by atoms with Crippen LogP contribution in [0.2, 0.25) is 0 Å². The Labute approximate surface area is 132 Å². The molecule has 0 aliphatic heterocycles. The summed E-state index contributed by atoms with van der Waals surface area (Å²) < 4.78 is 10.8. The number of hydrogen-bond donors (Lipinski definition) is 1. The van der Waals surface area contributed by atoms with Crippen LogP contribution >= 0.6 is 0 Å². The Bertz CT molecular complexity index is 659. The Morgan fingerprint density at radius 2 is 1.95 bits per heavy atom. The molecular weight excluding hydrogens is 274 g/mol. The number of anilines is 1. The van der Waals surface area contributed by atoms with Crippen molar-refractivity contribution in [3.05, 3.63) is 53.6 Å². The van der Waals surface area contributed by atoms with Gasteiger partial charge in [0.15, 0.2) is 11.5 Å². The molecule has 2 aromatic rings. The van der Waals surface area contributed by atoms with Crippen molar-refractivity contribution in [3.63, 3.8) is 0 Å². The molecule has 1 N–H and O–H groups in total. The number of rotatable bonds is 7. The van der Waals surface area contributed by atoms with Crippen molar-refractivity contribution in [2.75, 3.05) is 19.0 Å². The maximum Gasteiger partial charge on any atom is 0.162 e. The smallest absolute Gasteiger partial charge is 0.162 e. The topological polar surface area (TPSA) is 30.5 Å². The summed E-state index contributed by atoms with van der Waals surface area (Å²) in [7, 11) is 1.63. The first-order valence-electron chi connectivity index (χ1n) is 7.33. The quantitative estimate of drug-likeness (QED) is 0.786. The van der Waals surface area contributed by atoms with Gasteiger partial charge >= 0.3 is 0 Å². The summed E-state index contributed by atoms with van der Waals surface area (Å²) in [5.41, 5.74) is 3.59. The third-order valence-corrected chi connectivity index (χ3v) is 3.42. The van der Waals surface area contributed by atoms with E-state index in [1.165, 1.54) is 5.56 Å². The van der Waals surface area contributed by atoms with E-state index in [9.17, 15) is 0 Å². The first kappa shape index (κ1) is 15.8. The molecule has 114 valence electrons. The zero-order chi connectivity index (χ0) is 15.8. The van der Waals surface area contributed by atoms with E-state index in [1.807, 2.05) is 24.3 Å². The van der Waals surface area contributed by atoms with E-state index in [0.29, 0.717) is 11.5 Å². The van der Waals surface area contributed by atoms with Gasteiger partial charge in [-0.15, -0.1) is 6.42 Å². The fourth-order valence-corrected chi connectivity index (χ4v) is 2.26.